The van der Waals surface area contributed by atoms with Gasteiger partial charge in [-0.1, -0.05) is 0 Å². The fourth-order valence-electron chi connectivity index (χ4n) is 5.00. The van der Waals surface area contributed by atoms with E-state index >= 15 is 0 Å². The van der Waals surface area contributed by atoms with Crippen LogP contribution in [0.25, 0.3) is 10.9 Å². The molecule has 2 aromatic carbocycles. The minimum Gasteiger partial charge on any atom is -0.507 e. The lowest BCUT2D eigenvalue weighted by atomic mass is 9.70. The van der Waals surface area contributed by atoms with Crippen LogP contribution in [0.15, 0.2) is 53.6 Å². The summed E-state index contributed by atoms with van der Waals surface area (Å²) in [5.41, 5.74) is 0.470. The van der Waals surface area contributed by atoms with Crippen molar-refractivity contribution in [2.45, 2.75) is 33.1 Å². The number of carbonyl (C=O) groups excluding carboxylic acids is 3. The number of hydrogen-bond donors (Lipinski definition) is 3. The molecule has 0 spiro atoms. The van der Waals surface area contributed by atoms with Crippen molar-refractivity contribution in [3.05, 3.63) is 70.3 Å². The van der Waals surface area contributed by atoms with Gasteiger partial charge in [0, 0.05) is 47.2 Å². The fraction of sp³-hybridized carbons (Fsp3) is 0.222. The zero-order valence-electron chi connectivity index (χ0n) is 19.9. The predicted molar refractivity (Wildman–Crippen MR) is 130 cm³/mol. The van der Waals surface area contributed by atoms with Crippen LogP contribution >= 0.6 is 0 Å². The SMILES string of the molecule is CC(=O)c1c(O)c(C)c(O)c2c1OC1=CC(=O)/C(=C(/C)Nc3ccc4c(ccn4C)c3)C(=O)[C@@]12C. The van der Waals surface area contributed by atoms with Gasteiger partial charge < -0.3 is 24.8 Å². The Bertz CT molecular complexity index is 1570. The summed E-state index contributed by atoms with van der Waals surface area (Å²) in [4.78, 5) is 39.2. The predicted octanol–water partition coefficient (Wildman–Crippen LogP) is 4.17. The van der Waals surface area contributed by atoms with Crippen LogP contribution in [0.5, 0.6) is 17.2 Å². The summed E-state index contributed by atoms with van der Waals surface area (Å²) in [6.45, 7) is 5.89. The van der Waals surface area contributed by atoms with Crippen LogP contribution in [-0.4, -0.2) is 32.1 Å². The maximum Gasteiger partial charge on any atom is 0.194 e. The number of fused-ring (bicyclic) bond motifs is 4. The molecule has 3 N–H and O–H groups in total. The second-order valence-corrected chi connectivity index (χ2v) is 9.21. The summed E-state index contributed by atoms with van der Waals surface area (Å²) in [5, 5.41) is 25.5. The fourth-order valence-corrected chi connectivity index (χ4v) is 5.00. The molecular weight excluding hydrogens is 448 g/mol. The van der Waals surface area contributed by atoms with Crippen molar-refractivity contribution in [3.63, 3.8) is 0 Å². The first-order chi connectivity index (χ1) is 16.5. The number of nitrogens with zero attached hydrogens (tertiary/aromatic N) is 1. The van der Waals surface area contributed by atoms with Gasteiger partial charge in [-0.3, -0.25) is 14.4 Å². The molecule has 0 bridgehead atoms. The van der Waals surface area contributed by atoms with Gasteiger partial charge in [-0.25, -0.2) is 0 Å². The highest BCUT2D eigenvalue weighted by Gasteiger charge is 2.56. The van der Waals surface area contributed by atoms with E-state index in [4.69, 9.17) is 4.74 Å². The van der Waals surface area contributed by atoms with E-state index in [1.807, 2.05) is 42.1 Å². The molecule has 1 aliphatic heterocycles. The van der Waals surface area contributed by atoms with Crippen LogP contribution in [-0.2, 0) is 22.1 Å². The topological polar surface area (TPSA) is 118 Å². The van der Waals surface area contributed by atoms with Crippen LogP contribution in [0, 0.1) is 6.92 Å². The third-order valence-electron chi connectivity index (χ3n) is 6.98. The first-order valence-electron chi connectivity index (χ1n) is 11.1. The van der Waals surface area contributed by atoms with E-state index in [2.05, 4.69) is 5.32 Å². The molecular formula is C27H24N2O6. The molecule has 1 aromatic heterocycles. The molecule has 0 amide bonds. The average Bonchev–Trinajstić information content (AvgIpc) is 3.30. The van der Waals surface area contributed by atoms with E-state index < -0.39 is 28.5 Å². The van der Waals surface area contributed by atoms with Crippen LogP contribution in [0.2, 0.25) is 0 Å². The molecule has 35 heavy (non-hydrogen) atoms. The minimum absolute atomic E-state index is 0.00700. The summed E-state index contributed by atoms with van der Waals surface area (Å²) >= 11 is 0. The molecule has 0 unspecified atom stereocenters. The molecule has 0 radical (unpaired) electrons. The highest BCUT2D eigenvalue weighted by molar-refractivity contribution is 6.31. The second-order valence-electron chi connectivity index (χ2n) is 9.21. The van der Waals surface area contributed by atoms with Gasteiger partial charge in [-0.15, -0.1) is 0 Å². The number of ketones is 3. The number of phenols is 2. The Morgan fingerprint density at radius 3 is 2.51 bits per heavy atom. The van der Waals surface area contributed by atoms with Gasteiger partial charge in [0.1, 0.15) is 34.0 Å². The number of aromatic hydroxyl groups is 2. The molecule has 0 saturated carbocycles. The van der Waals surface area contributed by atoms with Crippen molar-refractivity contribution in [3.8, 4) is 17.2 Å². The van der Waals surface area contributed by atoms with Gasteiger partial charge >= 0.3 is 0 Å². The molecule has 2 aliphatic rings. The number of Topliss-reactive ketones (excluding diaryl/α,β-unsaturated/α-hetero) is 2. The Kier molecular flexibility index (Phi) is 4.71. The van der Waals surface area contributed by atoms with E-state index in [9.17, 15) is 24.6 Å². The molecule has 1 atom stereocenters. The van der Waals surface area contributed by atoms with Gasteiger partial charge in [0.05, 0.1) is 11.1 Å². The standard InChI is InChI=1S/C27H24N2O6/c1-12-23(32)21(14(3)30)25-22(24(12)33)27(4)19(35-25)11-18(31)20(26(27)34)13(2)28-16-6-7-17-15(10-16)8-9-29(17)5/h6-11,28,32-33H,1-5H3/b20-13+/t27-/m0/s1. The quantitative estimate of drug-likeness (QED) is 0.297. The average molecular weight is 472 g/mol. The number of aromatic nitrogens is 1. The van der Waals surface area contributed by atoms with Crippen LogP contribution < -0.4 is 10.1 Å². The van der Waals surface area contributed by atoms with Crippen molar-refractivity contribution in [1.82, 2.24) is 4.57 Å². The Morgan fingerprint density at radius 1 is 1.11 bits per heavy atom. The van der Waals surface area contributed by atoms with Gasteiger partial charge in [0.25, 0.3) is 0 Å². The lowest BCUT2D eigenvalue weighted by Crippen LogP contribution is -2.40. The number of benzene rings is 2. The third-order valence-corrected chi connectivity index (χ3v) is 6.98. The van der Waals surface area contributed by atoms with Crippen LogP contribution in [0.1, 0.15) is 42.3 Å². The van der Waals surface area contributed by atoms with Gasteiger partial charge in [-0.05, 0) is 52.0 Å². The lowest BCUT2D eigenvalue weighted by molar-refractivity contribution is -0.123. The van der Waals surface area contributed by atoms with E-state index in [1.165, 1.54) is 19.9 Å². The van der Waals surface area contributed by atoms with Gasteiger partial charge in [-0.2, -0.15) is 0 Å². The van der Waals surface area contributed by atoms with Crippen LogP contribution in [0.3, 0.4) is 0 Å². The third kappa shape index (κ3) is 2.96. The molecule has 178 valence electrons. The Morgan fingerprint density at radius 2 is 1.83 bits per heavy atom. The highest BCUT2D eigenvalue weighted by Crippen LogP contribution is 2.57. The van der Waals surface area contributed by atoms with Crippen molar-refractivity contribution in [1.29, 1.82) is 0 Å². The zero-order chi connectivity index (χ0) is 25.4. The van der Waals surface area contributed by atoms with E-state index in [0.717, 1.165) is 10.9 Å². The first-order valence-corrected chi connectivity index (χ1v) is 11.1. The number of nitrogens with one attached hydrogen (secondary N) is 1. The molecule has 2 heterocycles. The second kappa shape index (κ2) is 7.33. The van der Waals surface area contributed by atoms with Crippen molar-refractivity contribution < 1.29 is 29.3 Å². The molecule has 8 nitrogen and oxygen atoms in total. The number of rotatable bonds is 3. The minimum atomic E-state index is -1.54. The summed E-state index contributed by atoms with van der Waals surface area (Å²) in [7, 11) is 1.95. The Labute approximate surface area is 201 Å². The number of aryl methyl sites for hydroxylation is 1. The number of allylic oxidation sites excluding steroid dienone is 4. The van der Waals surface area contributed by atoms with Gasteiger partial charge in [0.15, 0.2) is 17.3 Å². The molecule has 3 aromatic rings. The summed E-state index contributed by atoms with van der Waals surface area (Å²) in [5.74, 6) is -2.48. The Balaban J connectivity index is 1.65. The first kappa shape index (κ1) is 22.5. The molecule has 0 saturated heterocycles. The Hall–Kier alpha value is -4.33. The highest BCUT2D eigenvalue weighted by atomic mass is 16.5. The molecule has 1 aliphatic carbocycles. The molecule has 8 heteroatoms. The maximum absolute atomic E-state index is 13.9. The number of anilines is 1. The number of phenolic OH excluding ortho intramolecular Hbond substituents is 2. The summed E-state index contributed by atoms with van der Waals surface area (Å²) in [6.07, 6.45) is 3.15. The van der Waals surface area contributed by atoms with Gasteiger partial charge in [0.2, 0.25) is 0 Å². The zero-order valence-corrected chi connectivity index (χ0v) is 19.9. The number of carbonyl (C=O) groups is 3. The van der Waals surface area contributed by atoms with Crippen molar-refractivity contribution in [2.24, 2.45) is 7.05 Å². The van der Waals surface area contributed by atoms with E-state index in [-0.39, 0.29) is 39.5 Å². The van der Waals surface area contributed by atoms with Crippen molar-refractivity contribution in [2.75, 3.05) is 5.32 Å². The summed E-state index contributed by atoms with van der Waals surface area (Å²) in [6, 6.07) is 7.69. The van der Waals surface area contributed by atoms with Crippen molar-refractivity contribution >= 4 is 33.9 Å². The normalized spacial score (nSPS) is 20.3. The molecule has 0 fully saturated rings. The molecule has 5 rings (SSSR count). The largest absolute Gasteiger partial charge is 0.507 e. The van der Waals surface area contributed by atoms with E-state index in [1.54, 1.807) is 13.8 Å². The lowest BCUT2D eigenvalue weighted by Gasteiger charge is -2.29. The maximum atomic E-state index is 13.9. The number of hydrogen-bond acceptors (Lipinski definition) is 7. The van der Waals surface area contributed by atoms with E-state index in [0.29, 0.717) is 11.4 Å². The summed E-state index contributed by atoms with van der Waals surface area (Å²) < 4.78 is 7.78. The number of ether oxygens (including phenoxy) is 1. The monoisotopic (exact) mass is 472 g/mol. The smallest absolute Gasteiger partial charge is 0.194 e. The van der Waals surface area contributed by atoms with Crippen LogP contribution in [0.4, 0.5) is 5.69 Å².